The van der Waals surface area contributed by atoms with Gasteiger partial charge in [0.15, 0.2) is 5.75 Å². The predicted octanol–water partition coefficient (Wildman–Crippen LogP) is 5.23. The molecule has 0 saturated heterocycles. The standard InChI is InChI=1S/C13H14BrCl2NO3/c1-3-13(2)10(14)6-11(13)20-12-8(15)4-7(17(18)19)5-9(12)16/h4-5,10-11H,3,6H2,1-2H3. The van der Waals surface area contributed by atoms with Crippen LogP contribution in [-0.2, 0) is 0 Å². The van der Waals surface area contributed by atoms with Crippen LogP contribution in [0.15, 0.2) is 12.1 Å². The van der Waals surface area contributed by atoms with Crippen LogP contribution < -0.4 is 4.74 Å². The van der Waals surface area contributed by atoms with Gasteiger partial charge in [-0.05, 0) is 12.8 Å². The monoisotopic (exact) mass is 381 g/mol. The van der Waals surface area contributed by atoms with Gasteiger partial charge in [0.2, 0.25) is 0 Å². The fourth-order valence-electron chi connectivity index (χ4n) is 2.31. The summed E-state index contributed by atoms with van der Waals surface area (Å²) in [6, 6.07) is 2.52. The van der Waals surface area contributed by atoms with Crippen molar-refractivity contribution in [1.29, 1.82) is 0 Å². The van der Waals surface area contributed by atoms with Gasteiger partial charge in [0.25, 0.3) is 5.69 Å². The third-order valence-corrected chi connectivity index (χ3v) is 6.07. The van der Waals surface area contributed by atoms with Crippen molar-refractivity contribution in [2.75, 3.05) is 0 Å². The van der Waals surface area contributed by atoms with Crippen LogP contribution in [0.5, 0.6) is 5.75 Å². The number of hydrogen-bond acceptors (Lipinski definition) is 3. The summed E-state index contributed by atoms with van der Waals surface area (Å²) in [4.78, 5) is 10.6. The van der Waals surface area contributed by atoms with Gasteiger partial charge in [0.05, 0.1) is 15.0 Å². The van der Waals surface area contributed by atoms with Gasteiger partial charge in [-0.2, -0.15) is 0 Å². The highest BCUT2D eigenvalue weighted by atomic mass is 79.9. The minimum absolute atomic E-state index is 0.00617. The third kappa shape index (κ3) is 2.63. The molecule has 4 nitrogen and oxygen atoms in total. The highest BCUT2D eigenvalue weighted by Crippen LogP contribution is 2.51. The van der Waals surface area contributed by atoms with Crippen LogP contribution in [0.25, 0.3) is 0 Å². The summed E-state index contributed by atoms with van der Waals surface area (Å²) >= 11 is 15.7. The van der Waals surface area contributed by atoms with Crippen LogP contribution in [0.1, 0.15) is 26.7 Å². The Balaban J connectivity index is 2.25. The molecule has 0 radical (unpaired) electrons. The van der Waals surface area contributed by atoms with Crippen molar-refractivity contribution in [3.05, 3.63) is 32.3 Å². The summed E-state index contributed by atoms with van der Waals surface area (Å²) in [7, 11) is 0. The Labute approximate surface area is 135 Å². The van der Waals surface area contributed by atoms with Crippen molar-refractivity contribution < 1.29 is 9.66 Å². The van der Waals surface area contributed by atoms with Gasteiger partial charge in [-0.25, -0.2) is 0 Å². The van der Waals surface area contributed by atoms with Gasteiger partial charge in [0, 0.05) is 22.4 Å². The lowest BCUT2D eigenvalue weighted by Crippen LogP contribution is -2.54. The molecule has 7 heteroatoms. The van der Waals surface area contributed by atoms with Crippen LogP contribution in [0.4, 0.5) is 5.69 Å². The average molecular weight is 383 g/mol. The molecule has 3 atom stereocenters. The second-order valence-electron chi connectivity index (χ2n) is 5.16. The maximum Gasteiger partial charge on any atom is 0.272 e. The second kappa shape index (κ2) is 5.70. The van der Waals surface area contributed by atoms with E-state index in [9.17, 15) is 10.1 Å². The van der Waals surface area contributed by atoms with Crippen LogP contribution in [0.3, 0.4) is 0 Å². The van der Waals surface area contributed by atoms with Crippen molar-refractivity contribution in [2.45, 2.75) is 37.6 Å². The highest BCUT2D eigenvalue weighted by Gasteiger charge is 2.51. The molecule has 20 heavy (non-hydrogen) atoms. The van der Waals surface area contributed by atoms with E-state index in [2.05, 4.69) is 29.8 Å². The van der Waals surface area contributed by atoms with E-state index >= 15 is 0 Å². The maximum absolute atomic E-state index is 10.7. The molecule has 1 fully saturated rings. The number of non-ortho nitro benzene ring substituents is 1. The van der Waals surface area contributed by atoms with Crippen LogP contribution in [-0.4, -0.2) is 15.9 Å². The maximum atomic E-state index is 10.7. The van der Waals surface area contributed by atoms with Crippen molar-refractivity contribution in [3.63, 3.8) is 0 Å². The Morgan fingerprint density at radius 3 is 2.45 bits per heavy atom. The number of nitrogens with zero attached hydrogens (tertiary/aromatic N) is 1. The first-order valence-corrected chi connectivity index (χ1v) is 7.91. The minimum atomic E-state index is -0.532. The lowest BCUT2D eigenvalue weighted by atomic mass is 9.65. The second-order valence-corrected chi connectivity index (χ2v) is 7.08. The summed E-state index contributed by atoms with van der Waals surface area (Å²) in [6.07, 6.45) is 1.80. The Morgan fingerprint density at radius 1 is 1.50 bits per heavy atom. The van der Waals surface area contributed by atoms with Crippen molar-refractivity contribution in [2.24, 2.45) is 5.41 Å². The Morgan fingerprint density at radius 2 is 2.05 bits per heavy atom. The largest absolute Gasteiger partial charge is 0.487 e. The number of rotatable bonds is 4. The van der Waals surface area contributed by atoms with E-state index in [1.807, 2.05) is 0 Å². The van der Waals surface area contributed by atoms with Crippen molar-refractivity contribution in [3.8, 4) is 5.75 Å². The Bertz CT molecular complexity index is 531. The number of alkyl halides is 1. The zero-order valence-electron chi connectivity index (χ0n) is 11.0. The normalized spacial score (nSPS) is 28.9. The molecule has 0 amide bonds. The summed E-state index contributed by atoms with van der Waals surface area (Å²) < 4.78 is 5.91. The number of nitro benzene ring substituents is 1. The molecule has 0 N–H and O–H groups in total. The summed E-state index contributed by atoms with van der Waals surface area (Å²) in [5.74, 6) is 0.322. The molecule has 3 unspecified atom stereocenters. The van der Waals surface area contributed by atoms with E-state index in [1.54, 1.807) is 0 Å². The van der Waals surface area contributed by atoms with Gasteiger partial charge in [-0.15, -0.1) is 0 Å². The molecule has 0 bridgehead atoms. The molecule has 0 aliphatic heterocycles. The summed E-state index contributed by atoms with van der Waals surface area (Å²) in [5.41, 5.74) is -0.133. The van der Waals surface area contributed by atoms with Gasteiger partial charge >= 0.3 is 0 Å². The number of nitro groups is 1. The molecule has 0 heterocycles. The fourth-order valence-corrected chi connectivity index (χ4v) is 3.83. The molecule has 0 aromatic heterocycles. The number of hydrogen-bond donors (Lipinski definition) is 0. The van der Waals surface area contributed by atoms with Crippen LogP contribution in [0, 0.1) is 15.5 Å². The van der Waals surface area contributed by atoms with E-state index in [4.69, 9.17) is 27.9 Å². The number of benzene rings is 1. The minimum Gasteiger partial charge on any atom is -0.487 e. The summed E-state index contributed by atoms with van der Waals surface area (Å²) in [6.45, 7) is 4.23. The smallest absolute Gasteiger partial charge is 0.272 e. The molecular weight excluding hydrogens is 369 g/mol. The predicted molar refractivity (Wildman–Crippen MR) is 83.3 cm³/mol. The highest BCUT2D eigenvalue weighted by molar-refractivity contribution is 9.09. The van der Waals surface area contributed by atoms with Gasteiger partial charge < -0.3 is 4.74 Å². The van der Waals surface area contributed by atoms with Crippen molar-refractivity contribution in [1.82, 2.24) is 0 Å². The van der Waals surface area contributed by atoms with E-state index in [1.165, 1.54) is 12.1 Å². The molecule has 110 valence electrons. The molecule has 2 rings (SSSR count). The Hall–Kier alpha value is -0.520. The average Bonchev–Trinajstić information content (AvgIpc) is 2.39. The molecule has 1 saturated carbocycles. The number of halogens is 3. The van der Waals surface area contributed by atoms with Gasteiger partial charge in [-0.3, -0.25) is 10.1 Å². The topological polar surface area (TPSA) is 52.4 Å². The Kier molecular flexibility index (Phi) is 4.52. The first-order chi connectivity index (χ1) is 9.29. The first kappa shape index (κ1) is 15.9. The molecule has 1 aliphatic carbocycles. The number of ether oxygens (including phenoxy) is 1. The third-order valence-electron chi connectivity index (χ3n) is 4.09. The van der Waals surface area contributed by atoms with E-state index in [-0.39, 0.29) is 27.3 Å². The van der Waals surface area contributed by atoms with Crippen LogP contribution >= 0.6 is 39.1 Å². The SMILES string of the molecule is CCC1(C)C(Br)CC1Oc1c(Cl)cc([N+](=O)[O-])cc1Cl. The van der Waals surface area contributed by atoms with Gasteiger partial charge in [-0.1, -0.05) is 53.0 Å². The zero-order valence-corrected chi connectivity index (χ0v) is 14.1. The fraction of sp³-hybridized carbons (Fsp3) is 0.538. The molecule has 1 aromatic carbocycles. The van der Waals surface area contributed by atoms with E-state index in [0.717, 1.165) is 12.8 Å². The quantitative estimate of drug-likeness (QED) is 0.406. The van der Waals surface area contributed by atoms with Crippen molar-refractivity contribution >= 4 is 44.8 Å². The molecule has 1 aromatic rings. The van der Waals surface area contributed by atoms with E-state index < -0.39 is 4.92 Å². The zero-order chi connectivity index (χ0) is 15.1. The molecular formula is C13H14BrCl2NO3. The first-order valence-electron chi connectivity index (χ1n) is 6.23. The lowest BCUT2D eigenvalue weighted by molar-refractivity contribution is -0.384. The van der Waals surface area contributed by atoms with Gasteiger partial charge in [0.1, 0.15) is 6.10 Å². The summed E-state index contributed by atoms with van der Waals surface area (Å²) in [5, 5.41) is 11.1. The van der Waals surface area contributed by atoms with E-state index in [0.29, 0.717) is 10.6 Å². The molecule has 1 aliphatic rings. The lowest BCUT2D eigenvalue weighted by Gasteiger charge is -2.50. The molecule has 0 spiro atoms. The van der Waals surface area contributed by atoms with Crippen LogP contribution in [0.2, 0.25) is 10.0 Å².